The monoisotopic (exact) mass is 342 g/mol. The summed E-state index contributed by atoms with van der Waals surface area (Å²) in [6, 6.07) is 24.0. The summed E-state index contributed by atoms with van der Waals surface area (Å²) in [5.74, 6) is 4.88. The van der Waals surface area contributed by atoms with Crippen molar-refractivity contribution >= 4 is 16.7 Å². The van der Waals surface area contributed by atoms with E-state index >= 15 is 0 Å². The Morgan fingerprint density at radius 3 is 2.50 bits per heavy atom. The first-order valence-electron chi connectivity index (χ1n) is 8.33. The van der Waals surface area contributed by atoms with Gasteiger partial charge in [0.25, 0.3) is 5.91 Å². The molecule has 0 aliphatic carbocycles. The molecule has 1 heterocycles. The summed E-state index contributed by atoms with van der Waals surface area (Å²) in [6.07, 6.45) is 0. The van der Waals surface area contributed by atoms with Gasteiger partial charge in [0, 0.05) is 5.56 Å². The number of aryl methyl sites for hydroxylation is 1. The topological polar surface area (TPSA) is 72.9 Å². The summed E-state index contributed by atoms with van der Waals surface area (Å²) < 4.78 is 1.78. The number of amides is 1. The van der Waals surface area contributed by atoms with Gasteiger partial charge in [0.15, 0.2) is 5.69 Å². The van der Waals surface area contributed by atoms with Crippen LogP contribution < -0.4 is 11.3 Å². The lowest BCUT2D eigenvalue weighted by Gasteiger charge is -2.10. The second-order valence-electron chi connectivity index (χ2n) is 6.16. The number of hydrogen-bond acceptors (Lipinski definition) is 3. The number of nitrogen functional groups attached to an aromatic ring is 1. The van der Waals surface area contributed by atoms with Crippen molar-refractivity contribution in [2.24, 2.45) is 5.84 Å². The average Bonchev–Trinajstić information content (AvgIpc) is 3.12. The fourth-order valence-electron chi connectivity index (χ4n) is 3.09. The van der Waals surface area contributed by atoms with Crippen LogP contribution in [0.5, 0.6) is 0 Å². The van der Waals surface area contributed by atoms with Crippen molar-refractivity contribution < 1.29 is 4.79 Å². The summed E-state index contributed by atoms with van der Waals surface area (Å²) in [7, 11) is 0. The number of carbonyl (C=O) groups is 1. The van der Waals surface area contributed by atoms with Gasteiger partial charge in [-0.05, 0) is 35.9 Å². The highest BCUT2D eigenvalue weighted by atomic mass is 16.2. The molecule has 5 heteroatoms. The molecule has 0 bridgehead atoms. The Kier molecular flexibility index (Phi) is 3.99. The van der Waals surface area contributed by atoms with Gasteiger partial charge in [-0.25, -0.2) is 10.5 Å². The smallest absolute Gasteiger partial charge is 0.285 e. The molecule has 0 saturated heterocycles. The molecule has 1 aromatic heterocycles. The lowest BCUT2D eigenvalue weighted by Crippen LogP contribution is -2.30. The van der Waals surface area contributed by atoms with E-state index in [2.05, 4.69) is 28.7 Å². The van der Waals surface area contributed by atoms with Gasteiger partial charge >= 0.3 is 0 Å². The highest BCUT2D eigenvalue weighted by Crippen LogP contribution is 2.31. The number of carbonyl (C=O) groups excluding carboxylic acids is 1. The number of aromatic nitrogens is 2. The Morgan fingerprint density at radius 2 is 1.73 bits per heavy atom. The van der Waals surface area contributed by atoms with Crippen LogP contribution in [-0.2, 0) is 0 Å². The third kappa shape index (κ3) is 2.74. The zero-order valence-corrected chi connectivity index (χ0v) is 14.3. The maximum atomic E-state index is 12.0. The van der Waals surface area contributed by atoms with Crippen molar-refractivity contribution in [3.05, 3.63) is 84.1 Å². The Labute approximate surface area is 151 Å². The van der Waals surface area contributed by atoms with Gasteiger partial charge in [-0.3, -0.25) is 10.2 Å². The van der Waals surface area contributed by atoms with Crippen molar-refractivity contribution in [1.29, 1.82) is 0 Å². The number of nitrogens with zero attached hydrogens (tertiary/aromatic N) is 2. The maximum Gasteiger partial charge on any atom is 0.285 e. The van der Waals surface area contributed by atoms with E-state index in [9.17, 15) is 4.79 Å². The molecule has 3 N–H and O–H groups in total. The fraction of sp³-hybridized carbons (Fsp3) is 0.0476. The number of nitrogens with two attached hydrogens (primary N) is 1. The second kappa shape index (κ2) is 6.46. The predicted octanol–water partition coefficient (Wildman–Crippen LogP) is 3.60. The van der Waals surface area contributed by atoms with Crippen LogP contribution in [0.2, 0.25) is 0 Å². The molecule has 4 rings (SSSR count). The van der Waals surface area contributed by atoms with Gasteiger partial charge in [0.1, 0.15) is 0 Å². The van der Waals surface area contributed by atoms with Crippen LogP contribution in [0.3, 0.4) is 0 Å². The lowest BCUT2D eigenvalue weighted by molar-refractivity contribution is 0.0948. The minimum absolute atomic E-state index is 0.274. The summed E-state index contributed by atoms with van der Waals surface area (Å²) in [6.45, 7) is 2.03. The Hall–Kier alpha value is -3.44. The molecule has 0 radical (unpaired) electrons. The first-order chi connectivity index (χ1) is 12.7. The molecule has 0 unspecified atom stereocenters. The molecular formula is C21H18N4O. The zero-order chi connectivity index (χ0) is 18.1. The van der Waals surface area contributed by atoms with E-state index < -0.39 is 5.91 Å². The molecule has 0 atom stereocenters. The van der Waals surface area contributed by atoms with E-state index in [0.717, 1.165) is 33.3 Å². The van der Waals surface area contributed by atoms with Crippen LogP contribution in [0.1, 0.15) is 16.1 Å². The maximum absolute atomic E-state index is 12.0. The van der Waals surface area contributed by atoms with E-state index in [-0.39, 0.29) is 5.69 Å². The Balaban J connectivity index is 1.98. The van der Waals surface area contributed by atoms with Gasteiger partial charge in [-0.1, -0.05) is 60.2 Å². The van der Waals surface area contributed by atoms with Crippen molar-refractivity contribution in [3.63, 3.8) is 0 Å². The van der Waals surface area contributed by atoms with Gasteiger partial charge in [-0.15, -0.1) is 0 Å². The molecule has 0 aliphatic rings. The van der Waals surface area contributed by atoms with E-state index in [1.54, 1.807) is 10.7 Å². The van der Waals surface area contributed by atoms with Gasteiger partial charge < -0.3 is 0 Å². The molecule has 0 saturated carbocycles. The van der Waals surface area contributed by atoms with Crippen LogP contribution in [0.25, 0.3) is 27.7 Å². The standard InChI is InChI=1S/C21H18N4O/c1-14-9-11-16(12-10-14)25-20(13-19(24-25)21(26)23-22)18-8-4-6-15-5-2-3-7-17(15)18/h2-13H,22H2,1H3,(H,23,26). The Bertz CT molecular complexity index is 1090. The number of hydrogen-bond donors (Lipinski definition) is 2. The highest BCUT2D eigenvalue weighted by Gasteiger charge is 2.17. The number of benzene rings is 3. The molecule has 3 aromatic carbocycles. The molecule has 5 nitrogen and oxygen atoms in total. The van der Waals surface area contributed by atoms with Crippen molar-refractivity contribution in [2.75, 3.05) is 0 Å². The largest absolute Gasteiger partial charge is 0.289 e. The van der Waals surface area contributed by atoms with Crippen LogP contribution in [0.4, 0.5) is 0 Å². The van der Waals surface area contributed by atoms with E-state index in [0.29, 0.717) is 0 Å². The number of fused-ring (bicyclic) bond motifs is 1. The number of hydrazine groups is 1. The molecule has 0 fully saturated rings. The molecule has 0 spiro atoms. The summed E-state index contributed by atoms with van der Waals surface area (Å²) in [4.78, 5) is 12.0. The van der Waals surface area contributed by atoms with Gasteiger partial charge in [-0.2, -0.15) is 5.10 Å². The van der Waals surface area contributed by atoms with E-state index in [4.69, 9.17) is 5.84 Å². The first-order valence-corrected chi connectivity index (χ1v) is 8.33. The van der Waals surface area contributed by atoms with Crippen molar-refractivity contribution in [1.82, 2.24) is 15.2 Å². The SMILES string of the molecule is Cc1ccc(-n2nc(C(=O)NN)cc2-c2cccc3ccccc23)cc1. The summed E-state index contributed by atoms with van der Waals surface area (Å²) in [5, 5.41) is 6.72. The third-order valence-corrected chi connectivity index (χ3v) is 4.42. The minimum atomic E-state index is -0.419. The van der Waals surface area contributed by atoms with Crippen LogP contribution in [-0.4, -0.2) is 15.7 Å². The van der Waals surface area contributed by atoms with Crippen molar-refractivity contribution in [3.8, 4) is 16.9 Å². The van der Waals surface area contributed by atoms with Crippen LogP contribution in [0, 0.1) is 6.92 Å². The van der Waals surface area contributed by atoms with Crippen LogP contribution >= 0.6 is 0 Å². The summed E-state index contributed by atoms with van der Waals surface area (Å²) >= 11 is 0. The second-order valence-corrected chi connectivity index (χ2v) is 6.16. The fourth-order valence-corrected chi connectivity index (χ4v) is 3.09. The molecular weight excluding hydrogens is 324 g/mol. The molecule has 26 heavy (non-hydrogen) atoms. The molecule has 1 amide bonds. The predicted molar refractivity (Wildman–Crippen MR) is 103 cm³/mol. The number of rotatable bonds is 3. The number of nitrogens with one attached hydrogen (secondary N) is 1. The molecule has 128 valence electrons. The Morgan fingerprint density at radius 1 is 1.00 bits per heavy atom. The minimum Gasteiger partial charge on any atom is -0.289 e. The van der Waals surface area contributed by atoms with Crippen molar-refractivity contribution in [2.45, 2.75) is 6.92 Å². The highest BCUT2D eigenvalue weighted by molar-refractivity contribution is 5.98. The average molecular weight is 342 g/mol. The first kappa shape index (κ1) is 16.1. The zero-order valence-electron chi connectivity index (χ0n) is 14.3. The van der Waals surface area contributed by atoms with Crippen LogP contribution in [0.15, 0.2) is 72.8 Å². The molecule has 4 aromatic rings. The van der Waals surface area contributed by atoms with Gasteiger partial charge in [0.2, 0.25) is 0 Å². The lowest BCUT2D eigenvalue weighted by atomic mass is 10.0. The van der Waals surface area contributed by atoms with E-state index in [1.165, 1.54) is 0 Å². The summed E-state index contributed by atoms with van der Waals surface area (Å²) in [5.41, 5.74) is 6.32. The quantitative estimate of drug-likeness (QED) is 0.339. The van der Waals surface area contributed by atoms with Gasteiger partial charge in [0.05, 0.1) is 11.4 Å². The third-order valence-electron chi connectivity index (χ3n) is 4.42. The van der Waals surface area contributed by atoms with E-state index in [1.807, 2.05) is 55.5 Å². The normalized spacial score (nSPS) is 10.8. The molecule has 0 aliphatic heterocycles.